The maximum atomic E-state index is 12.4. The first-order valence-corrected chi connectivity index (χ1v) is 11.0. The van der Waals surface area contributed by atoms with Crippen LogP contribution in [-0.2, 0) is 21.1 Å². The lowest BCUT2D eigenvalue weighted by Gasteiger charge is -2.22. The molecule has 9 heteroatoms. The lowest BCUT2D eigenvalue weighted by molar-refractivity contribution is -0.117. The highest BCUT2D eigenvalue weighted by Crippen LogP contribution is 2.38. The van der Waals surface area contributed by atoms with E-state index in [1.54, 1.807) is 32.4 Å². The number of amides is 1. The number of rotatable bonds is 5. The van der Waals surface area contributed by atoms with Crippen LogP contribution in [0.15, 0.2) is 23.2 Å². The van der Waals surface area contributed by atoms with Crippen molar-refractivity contribution in [2.75, 3.05) is 32.3 Å². The van der Waals surface area contributed by atoms with Crippen molar-refractivity contribution < 1.29 is 22.7 Å². The molecule has 1 aromatic carbocycles. The van der Waals surface area contributed by atoms with Crippen LogP contribution in [0.1, 0.15) is 12.5 Å². The molecule has 0 radical (unpaired) electrons. The van der Waals surface area contributed by atoms with Crippen LogP contribution < -0.4 is 9.47 Å². The van der Waals surface area contributed by atoms with E-state index in [9.17, 15) is 13.2 Å². The fourth-order valence-electron chi connectivity index (χ4n) is 3.32. The number of carbonyl (C=O) groups excluding carboxylic acids is 1. The third-order valence-corrected chi connectivity index (χ3v) is 7.79. The van der Waals surface area contributed by atoms with Gasteiger partial charge in [-0.3, -0.25) is 4.79 Å². The Hall–Kier alpha value is -1.74. The zero-order valence-electron chi connectivity index (χ0n) is 15.0. The molecule has 2 heterocycles. The minimum absolute atomic E-state index is 0.0346. The van der Waals surface area contributed by atoms with Gasteiger partial charge in [-0.2, -0.15) is 4.99 Å². The highest BCUT2D eigenvalue weighted by Gasteiger charge is 2.48. The second kappa shape index (κ2) is 7.48. The van der Waals surface area contributed by atoms with Gasteiger partial charge in [-0.1, -0.05) is 17.8 Å². The number of hydrogen-bond donors (Lipinski definition) is 0. The molecule has 0 aromatic heterocycles. The van der Waals surface area contributed by atoms with E-state index in [2.05, 4.69) is 4.99 Å². The van der Waals surface area contributed by atoms with Gasteiger partial charge in [0.1, 0.15) is 0 Å². The topological polar surface area (TPSA) is 85.3 Å². The maximum Gasteiger partial charge on any atom is 0.252 e. The summed E-state index contributed by atoms with van der Waals surface area (Å²) in [7, 11) is 0.113. The normalized spacial score (nSPS) is 25.3. The zero-order chi connectivity index (χ0) is 18.9. The third kappa shape index (κ3) is 3.83. The number of methoxy groups -OCH3 is 2. The van der Waals surface area contributed by atoms with E-state index in [0.29, 0.717) is 23.2 Å². The van der Waals surface area contributed by atoms with E-state index < -0.39 is 9.84 Å². The molecular weight excluding hydrogens is 376 g/mol. The molecular formula is C17H22N2O5S2. The minimum atomic E-state index is -2.99. The second-order valence-corrected chi connectivity index (χ2v) is 9.60. The summed E-state index contributed by atoms with van der Waals surface area (Å²) in [6.45, 7) is 2.58. The molecule has 0 aliphatic carbocycles. The Kier molecular flexibility index (Phi) is 5.47. The average molecular weight is 399 g/mol. The summed E-state index contributed by atoms with van der Waals surface area (Å²) < 4.78 is 34.1. The van der Waals surface area contributed by atoms with Crippen molar-refractivity contribution >= 4 is 32.7 Å². The first-order chi connectivity index (χ1) is 12.4. The van der Waals surface area contributed by atoms with Crippen LogP contribution in [0.5, 0.6) is 11.5 Å². The number of thioether (sulfide) groups is 1. The number of carbonyl (C=O) groups is 1. The van der Waals surface area contributed by atoms with Gasteiger partial charge in [-0.25, -0.2) is 8.42 Å². The monoisotopic (exact) mass is 398 g/mol. The van der Waals surface area contributed by atoms with Crippen molar-refractivity contribution in [2.24, 2.45) is 4.99 Å². The molecule has 26 heavy (non-hydrogen) atoms. The molecule has 0 spiro atoms. The van der Waals surface area contributed by atoms with Gasteiger partial charge in [0.05, 0.1) is 38.2 Å². The quantitative estimate of drug-likeness (QED) is 0.740. The molecule has 1 aromatic rings. The van der Waals surface area contributed by atoms with Gasteiger partial charge in [0.15, 0.2) is 26.5 Å². The molecule has 0 bridgehead atoms. The van der Waals surface area contributed by atoms with E-state index in [4.69, 9.17) is 9.47 Å². The van der Waals surface area contributed by atoms with Gasteiger partial charge < -0.3 is 14.4 Å². The summed E-state index contributed by atoms with van der Waals surface area (Å²) in [6, 6.07) is 5.24. The Morgan fingerprint density at radius 3 is 2.65 bits per heavy atom. The van der Waals surface area contributed by atoms with E-state index in [1.807, 2.05) is 11.8 Å². The van der Waals surface area contributed by atoms with Crippen molar-refractivity contribution in [3.05, 3.63) is 23.8 Å². The molecule has 1 amide bonds. The Morgan fingerprint density at radius 2 is 2.00 bits per heavy atom. The molecule has 7 nitrogen and oxygen atoms in total. The van der Waals surface area contributed by atoms with Gasteiger partial charge in [-0.05, 0) is 24.6 Å². The number of fused-ring (bicyclic) bond motifs is 1. The van der Waals surface area contributed by atoms with Crippen molar-refractivity contribution in [3.8, 4) is 11.5 Å². The molecule has 0 unspecified atom stereocenters. The molecule has 0 saturated carbocycles. The van der Waals surface area contributed by atoms with Gasteiger partial charge in [0, 0.05) is 11.8 Å². The number of amidine groups is 1. The van der Waals surface area contributed by atoms with Crippen LogP contribution in [0.25, 0.3) is 0 Å². The molecule has 2 fully saturated rings. The van der Waals surface area contributed by atoms with Crippen LogP contribution in [0.2, 0.25) is 0 Å². The van der Waals surface area contributed by atoms with Crippen molar-refractivity contribution in [1.82, 2.24) is 4.90 Å². The molecule has 142 valence electrons. The van der Waals surface area contributed by atoms with Crippen molar-refractivity contribution in [2.45, 2.75) is 24.6 Å². The molecule has 2 atom stereocenters. The third-order valence-electron chi connectivity index (χ3n) is 4.54. The largest absolute Gasteiger partial charge is 0.493 e. The fourth-order valence-corrected chi connectivity index (χ4v) is 7.35. The van der Waals surface area contributed by atoms with Gasteiger partial charge in [0.2, 0.25) is 0 Å². The Balaban J connectivity index is 1.73. The lowest BCUT2D eigenvalue weighted by atomic mass is 10.1. The smallest absolute Gasteiger partial charge is 0.252 e. The summed E-state index contributed by atoms with van der Waals surface area (Å²) in [5, 5.41) is 0.593. The molecule has 2 aliphatic heterocycles. The Bertz CT molecular complexity index is 838. The summed E-state index contributed by atoms with van der Waals surface area (Å²) >= 11 is 1.40. The van der Waals surface area contributed by atoms with Crippen LogP contribution in [0, 0.1) is 0 Å². The van der Waals surface area contributed by atoms with Gasteiger partial charge >= 0.3 is 0 Å². The van der Waals surface area contributed by atoms with Crippen LogP contribution in [0.3, 0.4) is 0 Å². The second-order valence-electron chi connectivity index (χ2n) is 6.24. The number of nitrogens with zero attached hydrogens (tertiary/aromatic N) is 2. The lowest BCUT2D eigenvalue weighted by Crippen LogP contribution is -2.37. The zero-order valence-corrected chi connectivity index (χ0v) is 16.6. The maximum absolute atomic E-state index is 12.4. The summed E-state index contributed by atoms with van der Waals surface area (Å²) in [6.07, 6.45) is 0.148. The molecule has 3 rings (SSSR count). The van der Waals surface area contributed by atoms with Gasteiger partial charge in [0.25, 0.3) is 5.91 Å². The summed E-state index contributed by atoms with van der Waals surface area (Å²) in [5.41, 5.74) is 0.783. The number of aliphatic imine (C=N–C) groups is 1. The summed E-state index contributed by atoms with van der Waals surface area (Å²) in [4.78, 5) is 18.6. The van der Waals surface area contributed by atoms with E-state index in [1.165, 1.54) is 11.8 Å². The van der Waals surface area contributed by atoms with Crippen LogP contribution in [0.4, 0.5) is 0 Å². The SMILES string of the molecule is CCN1C(=NC(=O)Cc2ccc(OC)c(OC)c2)S[C@@H]2CS(=O)(=O)C[C@H]21. The van der Waals surface area contributed by atoms with Crippen molar-refractivity contribution in [1.29, 1.82) is 0 Å². The van der Waals surface area contributed by atoms with E-state index in [0.717, 1.165) is 5.56 Å². The van der Waals surface area contributed by atoms with Crippen LogP contribution >= 0.6 is 11.8 Å². The first-order valence-electron chi connectivity index (χ1n) is 8.33. The standard InChI is InChI=1S/C17H22N2O5S2/c1-4-19-12-9-26(21,22)10-15(12)25-17(19)18-16(20)8-11-5-6-13(23-2)14(7-11)24-3/h5-7,12,15H,4,8-10H2,1-3H3/t12-,15-/m1/s1. The highest BCUT2D eigenvalue weighted by molar-refractivity contribution is 8.15. The fraction of sp³-hybridized carbons (Fsp3) is 0.529. The predicted molar refractivity (Wildman–Crippen MR) is 102 cm³/mol. The first kappa shape index (κ1) is 19.0. The predicted octanol–water partition coefficient (Wildman–Crippen LogP) is 1.36. The number of hydrogen-bond acceptors (Lipinski definition) is 6. The molecule has 2 aliphatic rings. The molecule has 0 N–H and O–H groups in total. The van der Waals surface area contributed by atoms with E-state index >= 15 is 0 Å². The number of ether oxygens (including phenoxy) is 2. The van der Waals surface area contributed by atoms with Crippen LogP contribution in [-0.4, -0.2) is 68.0 Å². The van der Waals surface area contributed by atoms with Gasteiger partial charge in [-0.15, -0.1) is 0 Å². The average Bonchev–Trinajstić information content (AvgIpc) is 3.04. The number of benzene rings is 1. The highest BCUT2D eigenvalue weighted by atomic mass is 32.2. The van der Waals surface area contributed by atoms with E-state index in [-0.39, 0.29) is 35.1 Å². The summed E-state index contributed by atoms with van der Waals surface area (Å²) in [5.74, 6) is 1.20. The molecule has 2 saturated heterocycles. The van der Waals surface area contributed by atoms with Crippen molar-refractivity contribution in [3.63, 3.8) is 0 Å². The minimum Gasteiger partial charge on any atom is -0.493 e. The Labute approximate surface area is 157 Å². The number of sulfone groups is 1. The Morgan fingerprint density at radius 1 is 1.27 bits per heavy atom.